The zero-order chi connectivity index (χ0) is 18.7. The van der Waals surface area contributed by atoms with Crippen LogP contribution >= 0.6 is 7.75 Å². The van der Waals surface area contributed by atoms with Gasteiger partial charge in [-0.1, -0.05) is 44.2 Å². The third-order valence-corrected chi connectivity index (χ3v) is 5.48. The van der Waals surface area contributed by atoms with Gasteiger partial charge < -0.3 is 4.90 Å². The van der Waals surface area contributed by atoms with Crippen molar-refractivity contribution >= 4 is 13.6 Å². The molecule has 140 valence electrons. The van der Waals surface area contributed by atoms with Crippen LogP contribution in [0.2, 0.25) is 0 Å². The Hall–Kier alpha value is -1.16. The molecule has 0 aromatic heterocycles. The first-order valence-corrected chi connectivity index (χ1v) is 10.4. The van der Waals surface area contributed by atoms with Crippen molar-refractivity contribution in [3.63, 3.8) is 0 Å². The second kappa shape index (κ2) is 8.03. The molecule has 0 radical (unpaired) electrons. The summed E-state index contributed by atoms with van der Waals surface area (Å²) < 4.78 is 28.7. The highest BCUT2D eigenvalue weighted by molar-refractivity contribution is 7.52. The standard InChI is InChI=1S/C19H31N2O3P/c1-15(2)21(16(3)4)18(12-17-10-8-7-9-11-17)20-25(22)23-13-19(5,6)14-24-25/h7-11,15-16H,12-14H2,1-6H3/b20-18-. The van der Waals surface area contributed by atoms with Gasteiger partial charge in [0.25, 0.3) is 0 Å². The normalized spacial score (nSPS) is 20.1. The Morgan fingerprint density at radius 3 is 2.12 bits per heavy atom. The fraction of sp³-hybridized carbons (Fsp3) is 0.632. The van der Waals surface area contributed by atoms with Crippen LogP contribution in [-0.4, -0.2) is 36.0 Å². The molecule has 1 heterocycles. The SMILES string of the molecule is CC(C)N(/C(Cc1ccccc1)=N\P1(=O)OCC(C)(C)CO1)C(C)C. The van der Waals surface area contributed by atoms with E-state index >= 15 is 0 Å². The summed E-state index contributed by atoms with van der Waals surface area (Å²) in [5.74, 6) is 0.749. The average Bonchev–Trinajstić information content (AvgIpc) is 2.51. The zero-order valence-corrected chi connectivity index (χ0v) is 17.1. The molecule has 0 spiro atoms. The van der Waals surface area contributed by atoms with Crippen LogP contribution < -0.4 is 0 Å². The summed E-state index contributed by atoms with van der Waals surface area (Å²) in [4.78, 5) is 2.18. The van der Waals surface area contributed by atoms with Gasteiger partial charge in [0.1, 0.15) is 5.84 Å². The first-order valence-electron chi connectivity index (χ1n) is 8.92. The topological polar surface area (TPSA) is 51.1 Å². The molecule has 25 heavy (non-hydrogen) atoms. The lowest BCUT2D eigenvalue weighted by molar-refractivity contribution is 0.0416. The Balaban J connectivity index is 2.35. The summed E-state index contributed by atoms with van der Waals surface area (Å²) >= 11 is 0. The minimum atomic E-state index is -3.47. The van der Waals surface area contributed by atoms with Crippen LogP contribution in [0.3, 0.4) is 0 Å². The van der Waals surface area contributed by atoms with Crippen LogP contribution in [0, 0.1) is 5.41 Å². The van der Waals surface area contributed by atoms with E-state index in [2.05, 4.69) is 49.5 Å². The Labute approximate surface area is 152 Å². The number of amidine groups is 1. The van der Waals surface area contributed by atoms with E-state index in [-0.39, 0.29) is 17.5 Å². The lowest BCUT2D eigenvalue weighted by atomic mass is 9.97. The molecule has 6 heteroatoms. The Bertz CT molecular complexity index is 619. The van der Waals surface area contributed by atoms with Crippen LogP contribution in [0.15, 0.2) is 35.1 Å². The molecule has 1 aromatic carbocycles. The molecule has 1 fully saturated rings. The molecule has 0 atom stereocenters. The van der Waals surface area contributed by atoms with Crippen LogP contribution in [0.4, 0.5) is 0 Å². The van der Waals surface area contributed by atoms with E-state index in [1.54, 1.807) is 0 Å². The zero-order valence-electron chi connectivity index (χ0n) is 16.2. The van der Waals surface area contributed by atoms with Gasteiger partial charge in [-0.25, -0.2) is 4.57 Å². The van der Waals surface area contributed by atoms with Gasteiger partial charge in [-0.05, 0) is 33.3 Å². The second-order valence-electron chi connectivity index (χ2n) is 7.95. The van der Waals surface area contributed by atoms with Gasteiger partial charge in [0.15, 0.2) is 0 Å². The summed E-state index contributed by atoms with van der Waals surface area (Å²) in [6.07, 6.45) is 0.595. The van der Waals surface area contributed by atoms with E-state index in [9.17, 15) is 4.57 Å². The average molecular weight is 366 g/mol. The molecule has 2 rings (SSSR count). The summed E-state index contributed by atoms with van der Waals surface area (Å²) in [5, 5.41) is 0. The third kappa shape index (κ3) is 5.67. The molecule has 5 nitrogen and oxygen atoms in total. The summed E-state index contributed by atoms with van der Waals surface area (Å²) in [5.41, 5.74) is 0.982. The first-order chi connectivity index (χ1) is 11.6. The summed E-state index contributed by atoms with van der Waals surface area (Å²) in [7, 11) is -3.47. The Morgan fingerprint density at radius 2 is 1.64 bits per heavy atom. The molecule has 0 N–H and O–H groups in total. The minimum Gasteiger partial charge on any atom is -0.355 e. The number of hydrogen-bond donors (Lipinski definition) is 0. The lowest BCUT2D eigenvalue weighted by Crippen LogP contribution is -2.43. The summed E-state index contributed by atoms with van der Waals surface area (Å²) in [6.45, 7) is 13.3. The van der Waals surface area contributed by atoms with Crippen molar-refractivity contribution in [2.24, 2.45) is 10.2 Å². The van der Waals surface area contributed by atoms with Crippen molar-refractivity contribution in [2.45, 2.75) is 60.0 Å². The van der Waals surface area contributed by atoms with Crippen LogP contribution in [0.5, 0.6) is 0 Å². The molecule has 0 saturated carbocycles. The van der Waals surface area contributed by atoms with Gasteiger partial charge in [0, 0.05) is 23.9 Å². The second-order valence-corrected chi connectivity index (χ2v) is 9.61. The number of nitrogens with zero attached hydrogens (tertiary/aromatic N) is 2. The van der Waals surface area contributed by atoms with Gasteiger partial charge >= 0.3 is 7.75 Å². The van der Waals surface area contributed by atoms with Crippen molar-refractivity contribution in [1.29, 1.82) is 0 Å². The van der Waals surface area contributed by atoms with Gasteiger partial charge in [-0.2, -0.15) is 4.76 Å². The Kier molecular flexibility index (Phi) is 6.47. The van der Waals surface area contributed by atoms with Gasteiger partial charge in [0.2, 0.25) is 0 Å². The van der Waals surface area contributed by atoms with Crippen molar-refractivity contribution in [1.82, 2.24) is 4.90 Å². The van der Waals surface area contributed by atoms with Gasteiger partial charge in [0.05, 0.1) is 13.2 Å². The van der Waals surface area contributed by atoms with Gasteiger partial charge in [-0.15, -0.1) is 0 Å². The lowest BCUT2D eigenvalue weighted by Gasteiger charge is -2.36. The molecule has 0 unspecified atom stereocenters. The maximum atomic E-state index is 13.0. The molecule has 0 aliphatic carbocycles. The molecule has 1 aliphatic heterocycles. The highest BCUT2D eigenvalue weighted by Crippen LogP contribution is 2.55. The predicted molar refractivity (Wildman–Crippen MR) is 103 cm³/mol. The van der Waals surface area contributed by atoms with E-state index in [0.717, 1.165) is 11.4 Å². The fourth-order valence-electron chi connectivity index (χ4n) is 2.94. The number of rotatable bonds is 5. The van der Waals surface area contributed by atoms with Crippen molar-refractivity contribution in [3.8, 4) is 0 Å². The molecule has 0 bridgehead atoms. The monoisotopic (exact) mass is 366 g/mol. The minimum absolute atomic E-state index is 0.140. The maximum absolute atomic E-state index is 13.0. The highest BCUT2D eigenvalue weighted by Gasteiger charge is 2.37. The fourth-order valence-corrected chi connectivity index (χ4v) is 4.61. The summed E-state index contributed by atoms with van der Waals surface area (Å²) in [6, 6.07) is 10.6. The third-order valence-electron chi connectivity index (χ3n) is 4.09. The molecular formula is C19H31N2O3P. The smallest absolute Gasteiger partial charge is 0.355 e. The predicted octanol–water partition coefficient (Wildman–Crippen LogP) is 4.93. The Morgan fingerprint density at radius 1 is 1.12 bits per heavy atom. The first kappa shape index (κ1) is 20.2. The van der Waals surface area contributed by atoms with E-state index < -0.39 is 7.75 Å². The molecule has 1 saturated heterocycles. The van der Waals surface area contributed by atoms with E-state index in [4.69, 9.17) is 9.05 Å². The largest absolute Gasteiger partial charge is 0.455 e. The van der Waals surface area contributed by atoms with Crippen LogP contribution in [0.1, 0.15) is 47.1 Å². The van der Waals surface area contributed by atoms with Crippen LogP contribution in [0.25, 0.3) is 0 Å². The van der Waals surface area contributed by atoms with Crippen molar-refractivity contribution in [3.05, 3.63) is 35.9 Å². The van der Waals surface area contributed by atoms with Crippen molar-refractivity contribution in [2.75, 3.05) is 13.2 Å². The molecular weight excluding hydrogens is 335 g/mol. The maximum Gasteiger partial charge on any atom is 0.455 e. The highest BCUT2D eigenvalue weighted by atomic mass is 31.2. The van der Waals surface area contributed by atoms with Crippen molar-refractivity contribution < 1.29 is 13.6 Å². The van der Waals surface area contributed by atoms with Crippen LogP contribution in [-0.2, 0) is 20.0 Å². The molecule has 1 aromatic rings. The number of benzene rings is 1. The molecule has 0 amide bonds. The van der Waals surface area contributed by atoms with E-state index in [0.29, 0.717) is 19.6 Å². The quantitative estimate of drug-likeness (QED) is 0.421. The molecule has 1 aliphatic rings. The van der Waals surface area contributed by atoms with E-state index in [1.165, 1.54) is 0 Å². The van der Waals surface area contributed by atoms with E-state index in [1.807, 2.05) is 32.0 Å². The number of hydrogen-bond acceptors (Lipinski definition) is 3. The van der Waals surface area contributed by atoms with Gasteiger partial charge in [-0.3, -0.25) is 9.05 Å².